The highest BCUT2D eigenvalue weighted by Gasteiger charge is 2.25. The second-order valence-electron chi connectivity index (χ2n) is 5.15. The Balaban J connectivity index is 2.14. The quantitative estimate of drug-likeness (QED) is 0.855. The van der Waals surface area contributed by atoms with Gasteiger partial charge in [0.25, 0.3) is 5.91 Å². The Bertz CT molecular complexity index is 845. The molecule has 0 atom stereocenters. The van der Waals surface area contributed by atoms with Crippen LogP contribution in [-0.2, 0) is 4.79 Å². The molecule has 0 radical (unpaired) electrons. The van der Waals surface area contributed by atoms with E-state index in [0.717, 1.165) is 5.56 Å². The summed E-state index contributed by atoms with van der Waals surface area (Å²) < 4.78 is 16.0. The maximum Gasteiger partial charge on any atom is 0.256 e. The summed E-state index contributed by atoms with van der Waals surface area (Å²) in [6.45, 7) is 0. The van der Waals surface area contributed by atoms with Crippen LogP contribution in [0.15, 0.2) is 30.3 Å². The van der Waals surface area contributed by atoms with Crippen LogP contribution in [0.4, 0.5) is 5.69 Å². The Morgan fingerprint density at radius 1 is 0.958 bits per heavy atom. The number of carbonyl (C=O) groups excluding carboxylic acids is 1. The molecule has 24 heavy (non-hydrogen) atoms. The van der Waals surface area contributed by atoms with Gasteiger partial charge in [-0.3, -0.25) is 4.79 Å². The summed E-state index contributed by atoms with van der Waals surface area (Å²) in [4.78, 5) is 12.3. The van der Waals surface area contributed by atoms with E-state index in [-0.39, 0.29) is 5.91 Å². The Morgan fingerprint density at radius 3 is 2.29 bits per heavy atom. The molecule has 0 fully saturated rings. The van der Waals surface area contributed by atoms with Gasteiger partial charge >= 0.3 is 0 Å². The van der Waals surface area contributed by atoms with E-state index in [4.69, 9.17) is 25.8 Å². The van der Waals surface area contributed by atoms with Gasteiger partial charge in [0.2, 0.25) is 0 Å². The smallest absolute Gasteiger partial charge is 0.256 e. The van der Waals surface area contributed by atoms with E-state index < -0.39 is 0 Å². The van der Waals surface area contributed by atoms with E-state index in [1.807, 2.05) is 6.07 Å². The number of anilines is 1. The molecule has 0 aromatic heterocycles. The molecule has 0 unspecified atom stereocenters. The molecule has 0 spiro atoms. The third kappa shape index (κ3) is 2.78. The minimum absolute atomic E-state index is 0.191. The van der Waals surface area contributed by atoms with Crippen LogP contribution in [-0.4, -0.2) is 27.2 Å². The van der Waals surface area contributed by atoms with Crippen molar-refractivity contribution in [3.63, 3.8) is 0 Å². The molecule has 1 aliphatic heterocycles. The Morgan fingerprint density at radius 2 is 1.62 bits per heavy atom. The lowest BCUT2D eigenvalue weighted by atomic mass is 10.0. The van der Waals surface area contributed by atoms with E-state index in [2.05, 4.69) is 5.32 Å². The number of amides is 1. The lowest BCUT2D eigenvalue weighted by Crippen LogP contribution is -2.03. The van der Waals surface area contributed by atoms with Crippen molar-refractivity contribution in [2.75, 3.05) is 26.6 Å². The second-order valence-corrected chi connectivity index (χ2v) is 5.59. The van der Waals surface area contributed by atoms with Crippen LogP contribution in [0.3, 0.4) is 0 Å². The zero-order valence-corrected chi connectivity index (χ0v) is 14.2. The lowest BCUT2D eigenvalue weighted by molar-refractivity contribution is -0.110. The Labute approximate surface area is 144 Å². The number of ether oxygens (including phenoxy) is 3. The molecule has 2 aromatic rings. The second kappa shape index (κ2) is 6.45. The highest BCUT2D eigenvalue weighted by atomic mass is 35.5. The highest BCUT2D eigenvalue weighted by Crippen LogP contribution is 2.39. The predicted molar refractivity (Wildman–Crippen MR) is 94.1 cm³/mol. The number of hydrogen-bond acceptors (Lipinski definition) is 4. The van der Waals surface area contributed by atoms with Crippen LogP contribution < -0.4 is 19.5 Å². The fourth-order valence-corrected chi connectivity index (χ4v) is 2.80. The molecule has 1 amide bonds. The first-order valence-corrected chi connectivity index (χ1v) is 7.58. The topological polar surface area (TPSA) is 56.8 Å². The van der Waals surface area contributed by atoms with E-state index in [1.165, 1.54) is 0 Å². The molecule has 1 N–H and O–H groups in total. The van der Waals surface area contributed by atoms with E-state index in [1.54, 1.807) is 51.7 Å². The molecular formula is C18H16ClNO4. The Hall–Kier alpha value is -2.66. The molecule has 5 nitrogen and oxygen atoms in total. The monoisotopic (exact) mass is 345 g/mol. The van der Waals surface area contributed by atoms with Crippen LogP contribution in [0.1, 0.15) is 11.1 Å². The van der Waals surface area contributed by atoms with Gasteiger partial charge in [-0.2, -0.15) is 0 Å². The Kier molecular flexibility index (Phi) is 4.36. The van der Waals surface area contributed by atoms with Crippen molar-refractivity contribution in [3.05, 3.63) is 46.5 Å². The van der Waals surface area contributed by atoms with Crippen LogP contribution in [0, 0.1) is 0 Å². The van der Waals surface area contributed by atoms with Gasteiger partial charge in [-0.05, 0) is 24.3 Å². The van der Waals surface area contributed by atoms with Crippen molar-refractivity contribution in [2.45, 2.75) is 0 Å². The number of fused-ring (bicyclic) bond motifs is 1. The average molecular weight is 346 g/mol. The van der Waals surface area contributed by atoms with Crippen LogP contribution in [0.2, 0.25) is 5.02 Å². The van der Waals surface area contributed by atoms with Gasteiger partial charge < -0.3 is 19.5 Å². The predicted octanol–water partition coefficient (Wildman–Crippen LogP) is 3.86. The van der Waals surface area contributed by atoms with Crippen LogP contribution in [0.5, 0.6) is 17.2 Å². The molecule has 1 aliphatic rings. The molecule has 124 valence electrons. The molecule has 0 aliphatic carbocycles. The zero-order chi connectivity index (χ0) is 17.3. The molecule has 6 heteroatoms. The van der Waals surface area contributed by atoms with Gasteiger partial charge in [0, 0.05) is 27.8 Å². The molecular weight excluding hydrogens is 330 g/mol. The van der Waals surface area contributed by atoms with Crippen LogP contribution >= 0.6 is 11.6 Å². The third-order valence-corrected chi connectivity index (χ3v) is 4.04. The van der Waals surface area contributed by atoms with Crippen molar-refractivity contribution in [3.8, 4) is 17.2 Å². The van der Waals surface area contributed by atoms with E-state index in [9.17, 15) is 4.79 Å². The largest absolute Gasteiger partial charge is 0.496 e. The summed E-state index contributed by atoms with van der Waals surface area (Å²) in [6, 6.07) is 8.78. The summed E-state index contributed by atoms with van der Waals surface area (Å²) >= 11 is 5.98. The summed E-state index contributed by atoms with van der Waals surface area (Å²) in [5, 5.41) is 3.38. The lowest BCUT2D eigenvalue weighted by Gasteiger charge is -2.12. The first kappa shape index (κ1) is 16.2. The maximum absolute atomic E-state index is 12.3. The van der Waals surface area contributed by atoms with Crippen molar-refractivity contribution >= 4 is 34.8 Å². The van der Waals surface area contributed by atoms with E-state index >= 15 is 0 Å². The number of nitrogens with one attached hydrogen (secondary N) is 1. The van der Waals surface area contributed by atoms with Crippen molar-refractivity contribution in [1.29, 1.82) is 0 Å². The maximum atomic E-state index is 12.3. The van der Waals surface area contributed by atoms with Gasteiger partial charge in [0.15, 0.2) is 11.5 Å². The van der Waals surface area contributed by atoms with Gasteiger partial charge in [0.05, 0.1) is 27.0 Å². The summed E-state index contributed by atoms with van der Waals surface area (Å²) in [7, 11) is 4.67. The normalized spacial score (nSPS) is 14.3. The number of hydrogen-bond donors (Lipinski definition) is 1. The number of rotatable bonds is 4. The molecule has 0 saturated heterocycles. The average Bonchev–Trinajstić information content (AvgIpc) is 2.89. The van der Waals surface area contributed by atoms with Crippen molar-refractivity contribution in [2.24, 2.45) is 0 Å². The van der Waals surface area contributed by atoms with Crippen molar-refractivity contribution < 1.29 is 19.0 Å². The molecule has 2 aromatic carbocycles. The minimum Gasteiger partial charge on any atom is -0.496 e. The highest BCUT2D eigenvalue weighted by molar-refractivity contribution is 6.36. The van der Waals surface area contributed by atoms with Gasteiger partial charge in [-0.25, -0.2) is 0 Å². The minimum atomic E-state index is -0.191. The number of halogens is 1. The summed E-state index contributed by atoms with van der Waals surface area (Å²) in [6.07, 6.45) is 1.76. The standard InChI is InChI=1S/C18H16ClNO4/c1-22-15-9-17(24-3)16(23-2)7-10(15)6-13-12-5-4-11(19)8-14(12)20-18(13)21/h4-9H,1-3H3,(H,20,21). The summed E-state index contributed by atoms with van der Waals surface area (Å²) in [5.41, 5.74) is 2.73. The van der Waals surface area contributed by atoms with Gasteiger partial charge in [-0.15, -0.1) is 0 Å². The molecule has 1 heterocycles. The number of benzene rings is 2. The first-order chi connectivity index (χ1) is 11.6. The van der Waals surface area contributed by atoms with Gasteiger partial charge in [-0.1, -0.05) is 17.7 Å². The fourth-order valence-electron chi connectivity index (χ4n) is 2.63. The fraction of sp³-hybridized carbons (Fsp3) is 0.167. The van der Waals surface area contributed by atoms with E-state index in [0.29, 0.717) is 39.1 Å². The SMILES string of the molecule is COc1cc(OC)c(OC)cc1C=C1C(=O)Nc2cc(Cl)ccc21. The zero-order valence-electron chi connectivity index (χ0n) is 13.5. The van der Waals surface area contributed by atoms with Gasteiger partial charge in [0.1, 0.15) is 5.75 Å². The molecule has 0 bridgehead atoms. The summed E-state index contributed by atoms with van der Waals surface area (Å²) in [5.74, 6) is 1.50. The molecule has 0 saturated carbocycles. The number of methoxy groups -OCH3 is 3. The molecule has 3 rings (SSSR count). The first-order valence-electron chi connectivity index (χ1n) is 7.20. The third-order valence-electron chi connectivity index (χ3n) is 3.80. The number of carbonyl (C=O) groups is 1. The van der Waals surface area contributed by atoms with Crippen molar-refractivity contribution in [1.82, 2.24) is 0 Å². The van der Waals surface area contributed by atoms with Crippen LogP contribution in [0.25, 0.3) is 11.6 Å².